The minimum absolute atomic E-state index is 0.214. The summed E-state index contributed by atoms with van der Waals surface area (Å²) in [6.45, 7) is 7.06. The van der Waals surface area contributed by atoms with Crippen LogP contribution in [0.1, 0.15) is 31.4 Å². The van der Waals surface area contributed by atoms with Crippen molar-refractivity contribution in [3.8, 4) is 0 Å². The van der Waals surface area contributed by atoms with Crippen LogP contribution in [-0.2, 0) is 11.3 Å². The topological polar surface area (TPSA) is 29.1 Å². The Morgan fingerprint density at radius 1 is 1.60 bits per heavy atom. The van der Waals surface area contributed by atoms with Crippen molar-refractivity contribution in [2.24, 2.45) is 11.3 Å². The zero-order chi connectivity index (χ0) is 11.1. The van der Waals surface area contributed by atoms with Crippen molar-refractivity contribution < 1.29 is 4.79 Å². The van der Waals surface area contributed by atoms with Gasteiger partial charge < -0.3 is 5.32 Å². The number of carbonyl (C=O) groups is 1. The normalized spacial score (nSPS) is 22.5. The van der Waals surface area contributed by atoms with E-state index >= 15 is 0 Å². The van der Waals surface area contributed by atoms with Gasteiger partial charge in [-0.1, -0.05) is 13.8 Å². The highest BCUT2D eigenvalue weighted by molar-refractivity contribution is 7.08. The molecule has 1 aliphatic carbocycles. The van der Waals surface area contributed by atoms with Gasteiger partial charge in [-0.3, -0.25) is 4.79 Å². The van der Waals surface area contributed by atoms with E-state index in [0.29, 0.717) is 6.54 Å². The summed E-state index contributed by atoms with van der Waals surface area (Å²) in [6, 6.07) is 0. The van der Waals surface area contributed by atoms with Crippen LogP contribution in [0, 0.1) is 18.3 Å². The number of amides is 1. The second-order valence-corrected chi connectivity index (χ2v) is 5.79. The Morgan fingerprint density at radius 3 is 2.73 bits per heavy atom. The maximum atomic E-state index is 11.7. The van der Waals surface area contributed by atoms with E-state index in [1.54, 1.807) is 11.3 Å². The molecule has 15 heavy (non-hydrogen) atoms. The van der Waals surface area contributed by atoms with Crippen LogP contribution in [-0.4, -0.2) is 5.91 Å². The second-order valence-electron chi connectivity index (χ2n) is 5.04. The first kappa shape index (κ1) is 10.7. The summed E-state index contributed by atoms with van der Waals surface area (Å²) in [6.07, 6.45) is 1.03. The Morgan fingerprint density at radius 2 is 2.27 bits per heavy atom. The Kier molecular flexibility index (Phi) is 2.59. The van der Waals surface area contributed by atoms with Crippen LogP contribution in [0.2, 0.25) is 0 Å². The smallest absolute Gasteiger partial charge is 0.223 e. The Hall–Kier alpha value is -0.830. The SMILES string of the molecule is Cc1cscc1CNC(=O)C1CC1(C)C. The lowest BCUT2D eigenvalue weighted by Gasteiger charge is -2.06. The predicted molar refractivity (Wildman–Crippen MR) is 62.8 cm³/mol. The molecule has 2 nitrogen and oxygen atoms in total. The molecule has 1 N–H and O–H groups in total. The Balaban J connectivity index is 1.85. The molecule has 0 radical (unpaired) electrons. The highest BCUT2D eigenvalue weighted by Gasteiger charge is 2.50. The van der Waals surface area contributed by atoms with E-state index in [4.69, 9.17) is 0 Å². The van der Waals surface area contributed by atoms with Crippen LogP contribution in [0.25, 0.3) is 0 Å². The first-order valence-electron chi connectivity index (χ1n) is 5.30. The summed E-state index contributed by atoms with van der Waals surface area (Å²) in [5.41, 5.74) is 2.75. The van der Waals surface area contributed by atoms with E-state index in [9.17, 15) is 4.79 Å². The Labute approximate surface area is 94.7 Å². The molecule has 2 rings (SSSR count). The fraction of sp³-hybridized carbons (Fsp3) is 0.583. The van der Waals surface area contributed by atoms with E-state index in [2.05, 4.69) is 36.8 Å². The lowest BCUT2D eigenvalue weighted by molar-refractivity contribution is -0.123. The van der Waals surface area contributed by atoms with Crippen LogP contribution in [0.15, 0.2) is 10.8 Å². The largest absolute Gasteiger partial charge is 0.352 e. The molecule has 1 amide bonds. The summed E-state index contributed by atoms with van der Waals surface area (Å²) in [5, 5.41) is 7.23. The van der Waals surface area contributed by atoms with Crippen molar-refractivity contribution in [3.63, 3.8) is 0 Å². The Bertz CT molecular complexity index is 381. The first-order valence-corrected chi connectivity index (χ1v) is 6.24. The van der Waals surface area contributed by atoms with Gasteiger partial charge >= 0.3 is 0 Å². The van der Waals surface area contributed by atoms with Gasteiger partial charge in [0.05, 0.1) is 0 Å². The van der Waals surface area contributed by atoms with Gasteiger partial charge in [0.15, 0.2) is 0 Å². The van der Waals surface area contributed by atoms with Gasteiger partial charge in [0.1, 0.15) is 0 Å². The molecule has 1 aromatic heterocycles. The number of aryl methyl sites for hydroxylation is 1. The third-order valence-electron chi connectivity index (χ3n) is 3.24. The average Bonchev–Trinajstić information content (AvgIpc) is 2.61. The van der Waals surface area contributed by atoms with Gasteiger partial charge in [-0.2, -0.15) is 11.3 Å². The summed E-state index contributed by atoms with van der Waals surface area (Å²) < 4.78 is 0. The molecule has 0 aliphatic heterocycles. The zero-order valence-electron chi connectivity index (χ0n) is 9.46. The van der Waals surface area contributed by atoms with Crippen LogP contribution in [0.4, 0.5) is 0 Å². The van der Waals surface area contributed by atoms with Gasteiger partial charge in [-0.05, 0) is 40.6 Å². The summed E-state index contributed by atoms with van der Waals surface area (Å²) in [5.74, 6) is 0.446. The van der Waals surface area contributed by atoms with Crippen molar-refractivity contribution in [2.75, 3.05) is 0 Å². The molecule has 1 unspecified atom stereocenters. The molecular formula is C12H17NOS. The standard InChI is InChI=1S/C12H17NOS/c1-8-6-15-7-9(8)5-13-11(14)10-4-12(10,2)3/h6-7,10H,4-5H2,1-3H3,(H,13,14). The fourth-order valence-electron chi connectivity index (χ4n) is 1.79. The number of thiophene rings is 1. The minimum Gasteiger partial charge on any atom is -0.352 e. The van der Waals surface area contributed by atoms with Gasteiger partial charge in [-0.25, -0.2) is 0 Å². The molecule has 0 saturated heterocycles. The van der Waals surface area contributed by atoms with Crippen LogP contribution in [0.3, 0.4) is 0 Å². The van der Waals surface area contributed by atoms with Crippen molar-refractivity contribution in [1.82, 2.24) is 5.32 Å². The molecule has 1 heterocycles. The van der Waals surface area contributed by atoms with Crippen molar-refractivity contribution in [1.29, 1.82) is 0 Å². The number of carbonyl (C=O) groups excluding carboxylic acids is 1. The lowest BCUT2D eigenvalue weighted by Crippen LogP contribution is -2.26. The van der Waals surface area contributed by atoms with E-state index in [0.717, 1.165) is 6.42 Å². The monoisotopic (exact) mass is 223 g/mol. The van der Waals surface area contributed by atoms with Crippen molar-refractivity contribution >= 4 is 17.2 Å². The first-order chi connectivity index (χ1) is 7.00. The summed E-state index contributed by atoms with van der Waals surface area (Å²) >= 11 is 1.69. The maximum Gasteiger partial charge on any atom is 0.223 e. The molecule has 0 spiro atoms. The molecule has 0 aromatic carbocycles. The van der Waals surface area contributed by atoms with Crippen molar-refractivity contribution in [3.05, 3.63) is 21.9 Å². The molecule has 3 heteroatoms. The molecular weight excluding hydrogens is 206 g/mol. The van der Waals surface area contributed by atoms with Crippen LogP contribution in [0.5, 0.6) is 0 Å². The predicted octanol–water partition coefficient (Wildman–Crippen LogP) is 2.72. The molecule has 1 saturated carbocycles. The number of nitrogens with one attached hydrogen (secondary N) is 1. The van der Waals surface area contributed by atoms with Gasteiger partial charge in [-0.15, -0.1) is 0 Å². The van der Waals surface area contributed by atoms with Gasteiger partial charge in [0.2, 0.25) is 5.91 Å². The van der Waals surface area contributed by atoms with E-state index in [1.165, 1.54) is 11.1 Å². The third-order valence-corrected chi connectivity index (χ3v) is 4.15. The minimum atomic E-state index is 0.214. The van der Waals surface area contributed by atoms with E-state index in [1.807, 2.05) is 0 Å². The fourth-order valence-corrected chi connectivity index (χ4v) is 2.65. The molecule has 1 atom stereocenters. The van der Waals surface area contributed by atoms with E-state index < -0.39 is 0 Å². The number of hydrogen-bond acceptors (Lipinski definition) is 2. The zero-order valence-corrected chi connectivity index (χ0v) is 10.3. The summed E-state index contributed by atoms with van der Waals surface area (Å²) in [4.78, 5) is 11.7. The van der Waals surface area contributed by atoms with Gasteiger partial charge in [0.25, 0.3) is 0 Å². The quantitative estimate of drug-likeness (QED) is 0.838. The number of rotatable bonds is 3. The molecule has 1 fully saturated rings. The van der Waals surface area contributed by atoms with E-state index in [-0.39, 0.29) is 17.2 Å². The highest BCUT2D eigenvalue weighted by atomic mass is 32.1. The van der Waals surface area contributed by atoms with Gasteiger partial charge in [0, 0.05) is 12.5 Å². The maximum absolute atomic E-state index is 11.7. The van der Waals surface area contributed by atoms with Crippen molar-refractivity contribution in [2.45, 2.75) is 33.7 Å². The molecule has 82 valence electrons. The lowest BCUT2D eigenvalue weighted by atomic mass is 10.1. The second kappa shape index (κ2) is 3.63. The molecule has 1 aromatic rings. The van der Waals surface area contributed by atoms with Crippen LogP contribution < -0.4 is 5.32 Å². The summed E-state index contributed by atoms with van der Waals surface area (Å²) in [7, 11) is 0. The average molecular weight is 223 g/mol. The third kappa shape index (κ3) is 2.23. The number of hydrogen-bond donors (Lipinski definition) is 1. The van der Waals surface area contributed by atoms with Crippen LogP contribution >= 0.6 is 11.3 Å². The molecule has 0 bridgehead atoms. The molecule has 1 aliphatic rings. The highest BCUT2D eigenvalue weighted by Crippen LogP contribution is 2.51.